The van der Waals surface area contributed by atoms with Crippen molar-refractivity contribution in [1.82, 2.24) is 5.06 Å². The minimum absolute atomic E-state index is 0.0984. The molecule has 1 heterocycles. The van der Waals surface area contributed by atoms with Crippen LogP contribution >= 0.6 is 0 Å². The fourth-order valence-electron chi connectivity index (χ4n) is 1.89. The van der Waals surface area contributed by atoms with Gasteiger partial charge in [0.25, 0.3) is 0 Å². The fourth-order valence-corrected chi connectivity index (χ4v) is 1.89. The lowest BCUT2D eigenvalue weighted by molar-refractivity contribution is -0.196. The van der Waals surface area contributed by atoms with E-state index in [1.165, 1.54) is 0 Å². The molecule has 0 aromatic rings. The summed E-state index contributed by atoms with van der Waals surface area (Å²) in [5.41, 5.74) is -0.574. The molecule has 0 radical (unpaired) electrons. The highest BCUT2D eigenvalue weighted by atomic mass is 16.8. The Labute approximate surface area is 102 Å². The summed E-state index contributed by atoms with van der Waals surface area (Å²) in [5.74, 6) is 0.203. The Morgan fingerprint density at radius 3 is 2.12 bits per heavy atom. The van der Waals surface area contributed by atoms with E-state index in [2.05, 4.69) is 0 Å². The minimum Gasteiger partial charge on any atom is -0.427 e. The highest BCUT2D eigenvalue weighted by Gasteiger charge is 2.33. The van der Waals surface area contributed by atoms with Gasteiger partial charge in [-0.15, -0.1) is 5.06 Å². The number of nitrogens with zero attached hydrogens (tertiary/aromatic N) is 1. The Morgan fingerprint density at radius 1 is 1.24 bits per heavy atom. The maximum absolute atomic E-state index is 11.5. The van der Waals surface area contributed by atoms with Gasteiger partial charge in [0.2, 0.25) is 0 Å². The monoisotopic (exact) mass is 243 g/mol. The second-order valence-corrected chi connectivity index (χ2v) is 5.56. The number of hydrogen-bond donors (Lipinski definition) is 0. The van der Waals surface area contributed by atoms with Crippen LogP contribution in [0.4, 0.5) is 4.79 Å². The Bertz CT molecular complexity index is 294. The standard InChI is InChI=1S/C12H21NO4/c1-8-6-10(14)7-9(2)13(8)17-11(15)16-12(3,4)5/h8-9H,6-7H2,1-5H3. The summed E-state index contributed by atoms with van der Waals surface area (Å²) in [5, 5.41) is 1.55. The Morgan fingerprint density at radius 2 is 1.71 bits per heavy atom. The molecule has 0 aromatic heterocycles. The van der Waals surface area contributed by atoms with E-state index in [-0.39, 0.29) is 17.9 Å². The second kappa shape index (κ2) is 5.04. The number of ketones is 1. The summed E-state index contributed by atoms with van der Waals surface area (Å²) >= 11 is 0. The first-order valence-corrected chi connectivity index (χ1v) is 5.90. The van der Waals surface area contributed by atoms with Gasteiger partial charge in [-0.05, 0) is 34.6 Å². The topological polar surface area (TPSA) is 55.8 Å². The number of Topliss-reactive ketones (excluding diaryl/α,β-unsaturated/α-hetero) is 1. The predicted molar refractivity (Wildman–Crippen MR) is 62.3 cm³/mol. The largest absolute Gasteiger partial charge is 0.528 e. The Hall–Kier alpha value is -1.10. The molecule has 5 nitrogen and oxygen atoms in total. The summed E-state index contributed by atoms with van der Waals surface area (Å²) in [7, 11) is 0. The van der Waals surface area contributed by atoms with Crippen LogP contribution in [0.5, 0.6) is 0 Å². The molecule has 0 bridgehead atoms. The number of hydroxylamine groups is 2. The number of hydrogen-bond acceptors (Lipinski definition) is 5. The maximum Gasteiger partial charge on any atom is 0.528 e. The number of rotatable bonds is 1. The van der Waals surface area contributed by atoms with Gasteiger partial charge < -0.3 is 9.57 Å². The smallest absolute Gasteiger partial charge is 0.427 e. The van der Waals surface area contributed by atoms with Gasteiger partial charge in [0, 0.05) is 12.8 Å². The van der Waals surface area contributed by atoms with Crippen LogP contribution in [0.25, 0.3) is 0 Å². The Balaban J connectivity index is 2.55. The summed E-state index contributed by atoms with van der Waals surface area (Å²) in [6, 6.07) is -0.197. The van der Waals surface area contributed by atoms with Gasteiger partial charge >= 0.3 is 6.16 Å². The predicted octanol–water partition coefficient (Wildman–Crippen LogP) is 2.29. The number of carbonyl (C=O) groups excluding carboxylic acids is 2. The average Bonchev–Trinajstić information content (AvgIpc) is 2.08. The van der Waals surface area contributed by atoms with Crippen LogP contribution in [0.1, 0.15) is 47.5 Å². The van der Waals surface area contributed by atoms with Crippen LogP contribution in [-0.4, -0.2) is 34.7 Å². The molecule has 1 rings (SSSR count). The third-order valence-electron chi connectivity index (χ3n) is 2.48. The van der Waals surface area contributed by atoms with Gasteiger partial charge in [-0.2, -0.15) is 0 Å². The maximum atomic E-state index is 11.5. The van der Waals surface area contributed by atoms with Crippen molar-refractivity contribution in [2.24, 2.45) is 0 Å². The van der Waals surface area contributed by atoms with E-state index in [1.807, 2.05) is 13.8 Å². The average molecular weight is 243 g/mol. The molecule has 0 spiro atoms. The van der Waals surface area contributed by atoms with E-state index in [0.29, 0.717) is 12.8 Å². The molecule has 0 saturated carbocycles. The summed E-state index contributed by atoms with van der Waals surface area (Å²) in [6.45, 7) is 9.05. The molecule has 0 aliphatic carbocycles. The second-order valence-electron chi connectivity index (χ2n) is 5.56. The molecular weight excluding hydrogens is 222 g/mol. The van der Waals surface area contributed by atoms with Gasteiger partial charge in [0.15, 0.2) is 0 Å². The van der Waals surface area contributed by atoms with Crippen LogP contribution < -0.4 is 0 Å². The lowest BCUT2D eigenvalue weighted by Crippen LogP contribution is -2.48. The third kappa shape index (κ3) is 4.34. The highest BCUT2D eigenvalue weighted by molar-refractivity contribution is 5.80. The quantitative estimate of drug-likeness (QED) is 0.661. The number of piperidine rings is 1. The first-order valence-electron chi connectivity index (χ1n) is 5.90. The number of ether oxygens (including phenoxy) is 1. The third-order valence-corrected chi connectivity index (χ3v) is 2.48. The lowest BCUT2D eigenvalue weighted by atomic mass is 9.99. The van der Waals surface area contributed by atoms with Crippen molar-refractivity contribution in [3.8, 4) is 0 Å². The molecule has 1 saturated heterocycles. The molecule has 1 aliphatic heterocycles. The molecule has 2 unspecified atom stereocenters. The molecule has 0 N–H and O–H groups in total. The SMILES string of the molecule is CC1CC(=O)CC(C)N1OC(=O)OC(C)(C)C. The summed E-state index contributed by atoms with van der Waals surface area (Å²) in [6.07, 6.45) is 0.103. The fraction of sp³-hybridized carbons (Fsp3) is 0.833. The molecule has 5 heteroatoms. The Kier molecular flexibility index (Phi) is 4.14. The summed E-state index contributed by atoms with van der Waals surface area (Å²) in [4.78, 5) is 28.0. The van der Waals surface area contributed by atoms with E-state index >= 15 is 0 Å². The van der Waals surface area contributed by atoms with Crippen LogP contribution in [-0.2, 0) is 14.4 Å². The molecule has 1 fully saturated rings. The van der Waals surface area contributed by atoms with Gasteiger partial charge in [-0.25, -0.2) is 4.79 Å². The zero-order chi connectivity index (χ0) is 13.2. The van der Waals surface area contributed by atoms with Crippen molar-refractivity contribution in [3.63, 3.8) is 0 Å². The van der Waals surface area contributed by atoms with E-state index in [9.17, 15) is 9.59 Å². The van der Waals surface area contributed by atoms with Crippen molar-refractivity contribution < 1.29 is 19.2 Å². The van der Waals surface area contributed by atoms with Crippen molar-refractivity contribution >= 4 is 11.9 Å². The van der Waals surface area contributed by atoms with Gasteiger partial charge in [-0.1, -0.05) is 0 Å². The first kappa shape index (κ1) is 14.0. The molecule has 98 valence electrons. The molecule has 0 aromatic carbocycles. The van der Waals surface area contributed by atoms with E-state index in [0.717, 1.165) is 0 Å². The normalized spacial score (nSPS) is 26.8. The van der Waals surface area contributed by atoms with Crippen LogP contribution in [0.15, 0.2) is 0 Å². The lowest BCUT2D eigenvalue weighted by Gasteiger charge is -2.36. The van der Waals surface area contributed by atoms with Crippen molar-refractivity contribution in [1.29, 1.82) is 0 Å². The zero-order valence-electron chi connectivity index (χ0n) is 11.1. The summed E-state index contributed by atoms with van der Waals surface area (Å²) < 4.78 is 5.08. The molecule has 2 atom stereocenters. The molecule has 0 amide bonds. The first-order chi connectivity index (χ1) is 7.69. The van der Waals surface area contributed by atoms with Gasteiger partial charge in [0.05, 0.1) is 12.1 Å². The highest BCUT2D eigenvalue weighted by Crippen LogP contribution is 2.21. The minimum atomic E-state index is -0.717. The van der Waals surface area contributed by atoms with Crippen molar-refractivity contribution in [3.05, 3.63) is 0 Å². The van der Waals surface area contributed by atoms with Crippen LogP contribution in [0.2, 0.25) is 0 Å². The molecule has 17 heavy (non-hydrogen) atoms. The van der Waals surface area contributed by atoms with Crippen LogP contribution in [0.3, 0.4) is 0 Å². The van der Waals surface area contributed by atoms with Gasteiger partial charge in [0.1, 0.15) is 11.4 Å². The van der Waals surface area contributed by atoms with Crippen molar-refractivity contribution in [2.45, 2.75) is 65.1 Å². The molecule has 1 aliphatic rings. The van der Waals surface area contributed by atoms with Crippen molar-refractivity contribution in [2.75, 3.05) is 0 Å². The van der Waals surface area contributed by atoms with Gasteiger partial charge in [-0.3, -0.25) is 4.79 Å². The van der Waals surface area contributed by atoms with E-state index in [4.69, 9.17) is 9.57 Å². The molecular formula is C12H21NO4. The zero-order valence-corrected chi connectivity index (χ0v) is 11.1. The van der Waals surface area contributed by atoms with E-state index in [1.54, 1.807) is 25.8 Å². The van der Waals surface area contributed by atoms with E-state index < -0.39 is 11.8 Å². The number of carbonyl (C=O) groups is 2. The van der Waals surface area contributed by atoms with Crippen LogP contribution in [0, 0.1) is 0 Å².